The largest absolute Gasteiger partial charge is 0.381 e. The van der Waals surface area contributed by atoms with Gasteiger partial charge in [0.15, 0.2) is 0 Å². The first-order valence-electron chi connectivity index (χ1n) is 14.1. The maximum atomic E-state index is 13.2. The van der Waals surface area contributed by atoms with Crippen LogP contribution < -0.4 is 10.2 Å². The van der Waals surface area contributed by atoms with Gasteiger partial charge in [0, 0.05) is 57.1 Å². The second kappa shape index (κ2) is 13.6. The van der Waals surface area contributed by atoms with Crippen LogP contribution in [0.3, 0.4) is 0 Å². The Kier molecular flexibility index (Phi) is 10.2. The lowest BCUT2D eigenvalue weighted by molar-refractivity contribution is -0.116. The van der Waals surface area contributed by atoms with Crippen LogP contribution in [0.1, 0.15) is 79.2 Å². The molecule has 2 amide bonds. The predicted octanol–water partition coefficient (Wildman–Crippen LogP) is 4.88. The lowest BCUT2D eigenvalue weighted by Gasteiger charge is -2.36. The van der Waals surface area contributed by atoms with Crippen molar-refractivity contribution in [2.45, 2.75) is 84.8 Å². The van der Waals surface area contributed by atoms with Crippen molar-refractivity contribution in [1.29, 1.82) is 0 Å². The van der Waals surface area contributed by atoms with Crippen molar-refractivity contribution in [1.82, 2.24) is 20.0 Å². The van der Waals surface area contributed by atoms with Gasteiger partial charge in [0.25, 0.3) is 5.91 Å². The molecule has 0 aliphatic carbocycles. The van der Waals surface area contributed by atoms with Gasteiger partial charge >= 0.3 is 0 Å². The van der Waals surface area contributed by atoms with E-state index >= 15 is 0 Å². The van der Waals surface area contributed by atoms with Gasteiger partial charge in [-0.05, 0) is 69.8 Å². The molecule has 1 fully saturated rings. The van der Waals surface area contributed by atoms with Crippen LogP contribution >= 0.6 is 11.6 Å². The third-order valence-electron chi connectivity index (χ3n) is 7.82. The molecule has 208 valence electrons. The number of carbonyl (C=O) groups excluding carboxylic acids is 2. The zero-order valence-electron chi connectivity index (χ0n) is 23.1. The molecule has 0 atom stereocenters. The van der Waals surface area contributed by atoms with E-state index in [4.69, 9.17) is 16.3 Å². The highest BCUT2D eigenvalue weighted by molar-refractivity contribution is 6.31. The molecule has 4 rings (SSSR count). The predicted molar refractivity (Wildman–Crippen MR) is 151 cm³/mol. The van der Waals surface area contributed by atoms with Crippen molar-refractivity contribution in [2.24, 2.45) is 0 Å². The number of anilines is 1. The Morgan fingerprint density at radius 1 is 1.08 bits per heavy atom. The highest BCUT2D eigenvalue weighted by Crippen LogP contribution is 2.28. The van der Waals surface area contributed by atoms with E-state index in [1.165, 1.54) is 19.3 Å². The average molecular weight is 544 g/mol. The summed E-state index contributed by atoms with van der Waals surface area (Å²) >= 11 is 6.26. The number of halogens is 1. The maximum Gasteiger partial charge on any atom is 0.251 e. The van der Waals surface area contributed by atoms with Crippen molar-refractivity contribution in [3.05, 3.63) is 45.7 Å². The summed E-state index contributed by atoms with van der Waals surface area (Å²) in [6, 6.07) is 6.24. The molecule has 0 unspecified atom stereocenters. The van der Waals surface area contributed by atoms with Gasteiger partial charge in [0.05, 0.1) is 23.0 Å². The van der Waals surface area contributed by atoms with E-state index in [-0.39, 0.29) is 11.8 Å². The molecule has 0 spiro atoms. The molecule has 38 heavy (non-hydrogen) atoms. The van der Waals surface area contributed by atoms with E-state index in [1.807, 2.05) is 41.6 Å². The van der Waals surface area contributed by atoms with Gasteiger partial charge in [-0.15, -0.1) is 0 Å². The number of nitrogens with one attached hydrogen (secondary N) is 1. The lowest BCUT2D eigenvalue weighted by atomic mass is 10.0. The SMILES string of the molecule is CC(=O)N1CCCCCCCN(C2CCOCC2)Cc2cc(C(=O)NCCn3nc(C)c(Cl)c3C)ccc21. The number of aryl methyl sites for hydroxylation is 1. The van der Waals surface area contributed by atoms with Crippen LogP contribution in [-0.4, -0.2) is 65.4 Å². The molecule has 9 heteroatoms. The number of benzene rings is 1. The molecule has 1 N–H and O–H groups in total. The van der Waals surface area contributed by atoms with E-state index in [1.54, 1.807) is 6.92 Å². The monoisotopic (exact) mass is 543 g/mol. The highest BCUT2D eigenvalue weighted by Gasteiger charge is 2.25. The topological polar surface area (TPSA) is 79.7 Å². The van der Waals surface area contributed by atoms with Gasteiger partial charge < -0.3 is 15.0 Å². The second-order valence-electron chi connectivity index (χ2n) is 10.6. The summed E-state index contributed by atoms with van der Waals surface area (Å²) in [5.41, 5.74) is 4.25. The molecule has 1 saturated heterocycles. The molecule has 0 saturated carbocycles. The van der Waals surface area contributed by atoms with Crippen LogP contribution in [0.4, 0.5) is 5.69 Å². The average Bonchev–Trinajstić information content (AvgIpc) is 3.15. The first-order valence-corrected chi connectivity index (χ1v) is 14.4. The van der Waals surface area contributed by atoms with Gasteiger partial charge in [0.1, 0.15) is 0 Å². The number of nitrogens with zero attached hydrogens (tertiary/aromatic N) is 4. The van der Waals surface area contributed by atoms with E-state index in [9.17, 15) is 9.59 Å². The number of carbonyl (C=O) groups is 2. The van der Waals surface area contributed by atoms with Crippen molar-refractivity contribution in [3.8, 4) is 0 Å². The van der Waals surface area contributed by atoms with E-state index in [0.717, 1.165) is 74.6 Å². The molecule has 2 aromatic rings. The summed E-state index contributed by atoms with van der Waals surface area (Å²) in [6.45, 7) is 10.5. The summed E-state index contributed by atoms with van der Waals surface area (Å²) in [4.78, 5) is 30.3. The van der Waals surface area contributed by atoms with Gasteiger partial charge in [-0.2, -0.15) is 5.10 Å². The molecule has 0 radical (unpaired) electrons. The number of rotatable bonds is 5. The minimum atomic E-state index is -0.126. The normalized spacial score (nSPS) is 18.4. The van der Waals surface area contributed by atoms with Crippen LogP contribution in [0.5, 0.6) is 0 Å². The number of ether oxygens (including phenoxy) is 1. The highest BCUT2D eigenvalue weighted by atomic mass is 35.5. The lowest BCUT2D eigenvalue weighted by Crippen LogP contribution is -2.40. The molecule has 2 aliphatic rings. The Hall–Kier alpha value is -2.42. The van der Waals surface area contributed by atoms with Crippen LogP contribution in [0, 0.1) is 13.8 Å². The fourth-order valence-corrected chi connectivity index (χ4v) is 5.74. The van der Waals surface area contributed by atoms with Gasteiger partial charge in [-0.1, -0.05) is 30.9 Å². The summed E-state index contributed by atoms with van der Waals surface area (Å²) < 4.78 is 7.46. The van der Waals surface area contributed by atoms with Crippen molar-refractivity contribution in [2.75, 3.05) is 37.7 Å². The Morgan fingerprint density at radius 3 is 2.47 bits per heavy atom. The van der Waals surface area contributed by atoms with Crippen LogP contribution in [-0.2, 0) is 22.6 Å². The third-order valence-corrected chi connectivity index (χ3v) is 8.37. The Bertz CT molecular complexity index is 1110. The summed E-state index contributed by atoms with van der Waals surface area (Å²) in [5, 5.41) is 8.15. The number of aromatic nitrogens is 2. The number of hydrogen-bond donors (Lipinski definition) is 1. The molecule has 0 bridgehead atoms. The van der Waals surface area contributed by atoms with Crippen molar-refractivity contribution >= 4 is 29.1 Å². The second-order valence-corrected chi connectivity index (χ2v) is 10.9. The zero-order valence-corrected chi connectivity index (χ0v) is 23.9. The molecule has 1 aromatic heterocycles. The fourth-order valence-electron chi connectivity index (χ4n) is 5.61. The summed E-state index contributed by atoms with van der Waals surface area (Å²) in [5.74, 6) is -0.0831. The van der Waals surface area contributed by atoms with Crippen LogP contribution in [0.25, 0.3) is 0 Å². The molecule has 3 heterocycles. The smallest absolute Gasteiger partial charge is 0.251 e. The Balaban J connectivity index is 1.56. The summed E-state index contributed by atoms with van der Waals surface area (Å²) in [7, 11) is 0. The summed E-state index contributed by atoms with van der Waals surface area (Å²) in [6.07, 6.45) is 7.71. The first kappa shape index (κ1) is 28.6. The van der Waals surface area contributed by atoms with Crippen LogP contribution in [0.15, 0.2) is 18.2 Å². The maximum absolute atomic E-state index is 13.2. The van der Waals surface area contributed by atoms with Gasteiger partial charge in [0.2, 0.25) is 5.91 Å². The third kappa shape index (κ3) is 7.16. The van der Waals surface area contributed by atoms with E-state index < -0.39 is 0 Å². The van der Waals surface area contributed by atoms with Crippen molar-refractivity contribution in [3.63, 3.8) is 0 Å². The quantitative estimate of drug-likeness (QED) is 0.581. The fraction of sp³-hybridized carbons (Fsp3) is 0.621. The Morgan fingerprint density at radius 2 is 1.79 bits per heavy atom. The molecule has 1 aromatic carbocycles. The van der Waals surface area contributed by atoms with Crippen LogP contribution in [0.2, 0.25) is 5.02 Å². The minimum Gasteiger partial charge on any atom is -0.381 e. The number of fused-ring (bicyclic) bond motifs is 1. The van der Waals surface area contributed by atoms with E-state index in [0.29, 0.717) is 36.3 Å². The van der Waals surface area contributed by atoms with Crippen molar-refractivity contribution < 1.29 is 14.3 Å². The zero-order chi connectivity index (χ0) is 27.1. The molecule has 2 aliphatic heterocycles. The first-order chi connectivity index (χ1) is 18.3. The minimum absolute atomic E-state index is 0.0432. The van der Waals surface area contributed by atoms with Gasteiger partial charge in [-0.3, -0.25) is 19.2 Å². The molecule has 8 nitrogen and oxygen atoms in total. The number of amides is 2. The standard InChI is InChI=1S/C29H42ClN5O3/c1-21-28(30)22(2)35(32-21)16-13-31-29(37)24-9-10-27-25(19-24)20-33(26-11-17-38-18-12-26)14-7-5-4-6-8-15-34(27)23(3)36/h9-10,19,26H,4-8,11-18,20H2,1-3H3,(H,31,37). The molecular formula is C29H42ClN5O3. The molecular weight excluding hydrogens is 502 g/mol. The van der Waals surface area contributed by atoms with Gasteiger partial charge in [-0.25, -0.2) is 0 Å². The van der Waals surface area contributed by atoms with E-state index in [2.05, 4.69) is 15.3 Å². The number of hydrogen-bond acceptors (Lipinski definition) is 5. The Labute approximate surface area is 231 Å².